The average Bonchev–Trinajstić information content (AvgIpc) is 1.69. The molecule has 2 nitrogen and oxygen atoms in total. The van der Waals surface area contributed by atoms with Crippen LogP contribution in [0.4, 0.5) is 0 Å². The second kappa shape index (κ2) is 4.94. The predicted molar refractivity (Wildman–Crippen MR) is 29.6 cm³/mol. The van der Waals surface area contributed by atoms with Gasteiger partial charge < -0.3 is 0 Å². The Morgan fingerprint density at radius 1 is 1.86 bits per heavy atom. The zero-order valence-corrected chi connectivity index (χ0v) is 4.14. The molecule has 0 radical (unpaired) electrons. The lowest BCUT2D eigenvalue weighted by molar-refractivity contribution is 1.53. The molecule has 0 rings (SSSR count). The van der Waals surface area contributed by atoms with Gasteiger partial charge in [0.05, 0.1) is 0 Å². The molecule has 7 heavy (non-hydrogen) atoms. The quantitative estimate of drug-likeness (QED) is 0.262. The van der Waals surface area contributed by atoms with Crippen LogP contribution in [-0.2, 0) is 0 Å². The maximum atomic E-state index is 9.31. The van der Waals surface area contributed by atoms with Gasteiger partial charge in [-0.25, -0.2) is 0 Å². The van der Waals surface area contributed by atoms with Crippen molar-refractivity contribution in [1.82, 2.24) is 4.85 Å². The maximum absolute atomic E-state index is 9.31. The van der Waals surface area contributed by atoms with Crippen LogP contribution in [0.1, 0.15) is 13.3 Å². The molecule has 0 spiro atoms. The average molecular weight is 96.1 g/mol. The van der Waals surface area contributed by atoms with E-state index in [2.05, 4.69) is 16.7 Å². The first-order valence-electron chi connectivity index (χ1n) is 1.95. The Hall–Kier alpha value is -1.06. The first-order chi connectivity index (χ1) is 3.41. The van der Waals surface area contributed by atoms with Crippen molar-refractivity contribution >= 4 is 6.21 Å². The zero-order valence-electron chi connectivity index (χ0n) is 4.14. The second-order valence-corrected chi connectivity index (χ2v) is 0.919. The number of hydrogen-bond acceptors (Lipinski definition) is 1. The first-order valence-corrected chi connectivity index (χ1v) is 1.95. The molecule has 0 aliphatic carbocycles. The van der Waals surface area contributed by atoms with Gasteiger partial charge in [0.25, 0.3) is 0 Å². The molecule has 0 saturated heterocycles. The molecule has 2 heteroatoms. The van der Waals surface area contributed by atoms with Gasteiger partial charge in [-0.05, 0) is 6.92 Å². The van der Waals surface area contributed by atoms with Crippen molar-refractivity contribution in [3.05, 3.63) is 4.91 Å². The van der Waals surface area contributed by atoms with Gasteiger partial charge in [-0.2, -0.15) is 0 Å². The van der Waals surface area contributed by atoms with E-state index in [-0.39, 0.29) is 0 Å². The third kappa shape index (κ3) is 4.94. The molecule has 0 aliphatic heterocycles. The Bertz CT molecular complexity index is 134. The van der Waals surface area contributed by atoms with Crippen LogP contribution in [0.3, 0.4) is 0 Å². The second-order valence-electron chi connectivity index (χ2n) is 0.919. The van der Waals surface area contributed by atoms with Crippen molar-refractivity contribution in [2.45, 2.75) is 13.3 Å². The fourth-order valence-electron chi connectivity index (χ4n) is 0.185. The highest BCUT2D eigenvalue weighted by Crippen LogP contribution is 1.60. The van der Waals surface area contributed by atoms with Gasteiger partial charge in [0, 0.05) is 0 Å². The number of rotatable bonds is 1. The van der Waals surface area contributed by atoms with E-state index in [1.807, 2.05) is 0 Å². The minimum atomic E-state index is 0.472. The Balaban J connectivity index is 3.27. The van der Waals surface area contributed by atoms with Crippen LogP contribution in [0.2, 0.25) is 0 Å². The molecule has 0 heterocycles. The first kappa shape index (κ1) is 5.94. The van der Waals surface area contributed by atoms with Gasteiger partial charge in [0.2, 0.25) is 4.85 Å². The molecule has 36 valence electrons. The highest BCUT2D eigenvalue weighted by molar-refractivity contribution is 5.58. The zero-order chi connectivity index (χ0) is 5.54. The Morgan fingerprint density at radius 3 is 3.00 bits per heavy atom. The molecular formula is C5H6NO+. The monoisotopic (exact) mass is 96.0 g/mol. The summed E-state index contributed by atoms with van der Waals surface area (Å²) in [6, 6.07) is 0. The maximum Gasteiger partial charge on any atom is 0.350 e. The summed E-state index contributed by atoms with van der Waals surface area (Å²) >= 11 is 0. The molecule has 0 aromatic carbocycles. The van der Waals surface area contributed by atoms with Gasteiger partial charge in [0.15, 0.2) is 4.91 Å². The smallest absolute Gasteiger partial charge is 0.106 e. The summed E-state index contributed by atoms with van der Waals surface area (Å²) in [5.41, 5.74) is 0. The van der Waals surface area contributed by atoms with E-state index in [9.17, 15) is 4.91 Å². The van der Waals surface area contributed by atoms with Gasteiger partial charge in [-0.3, -0.25) is 0 Å². The summed E-state index contributed by atoms with van der Waals surface area (Å²) in [5.74, 6) is 5.27. The fraction of sp³-hybridized carbons (Fsp3) is 0.400. The largest absolute Gasteiger partial charge is 0.350 e. The third-order valence-corrected chi connectivity index (χ3v) is 0.445. The van der Waals surface area contributed by atoms with Crippen LogP contribution >= 0.6 is 0 Å². The van der Waals surface area contributed by atoms with Crippen molar-refractivity contribution in [1.29, 1.82) is 0 Å². The van der Waals surface area contributed by atoms with Gasteiger partial charge in [-0.1, -0.05) is 5.92 Å². The minimum absolute atomic E-state index is 0.472. The van der Waals surface area contributed by atoms with Crippen molar-refractivity contribution < 1.29 is 0 Å². The summed E-state index contributed by atoms with van der Waals surface area (Å²) in [6.45, 7) is 1.72. The minimum Gasteiger partial charge on any atom is -0.106 e. The van der Waals surface area contributed by atoms with Crippen LogP contribution in [-0.4, -0.2) is 6.21 Å². The lowest BCUT2D eigenvalue weighted by Crippen LogP contribution is -1.70. The van der Waals surface area contributed by atoms with E-state index >= 15 is 0 Å². The highest BCUT2D eigenvalue weighted by atomic mass is 16.2. The SMILES string of the molecule is CC#CCC=[N+]=O. The van der Waals surface area contributed by atoms with Crippen LogP contribution < -0.4 is 4.85 Å². The summed E-state index contributed by atoms with van der Waals surface area (Å²) in [5, 5.41) is 0. The molecule has 0 unspecified atom stereocenters. The molecule has 0 atom stereocenters. The van der Waals surface area contributed by atoms with Crippen molar-refractivity contribution in [2.75, 3.05) is 0 Å². The van der Waals surface area contributed by atoms with Gasteiger partial charge in [-0.15, -0.1) is 5.92 Å². The summed E-state index contributed by atoms with van der Waals surface area (Å²) in [7, 11) is 0. The van der Waals surface area contributed by atoms with E-state index < -0.39 is 0 Å². The standard InChI is InChI=1S/C5H6NO/c1-2-3-4-5-6-7/h5H,4H2,1H3/q+1. The van der Waals surface area contributed by atoms with Crippen molar-refractivity contribution in [3.63, 3.8) is 0 Å². The molecule has 0 bridgehead atoms. The highest BCUT2D eigenvalue weighted by Gasteiger charge is 1.75. The lowest BCUT2D eigenvalue weighted by Gasteiger charge is -1.53. The molecule has 0 aliphatic rings. The summed E-state index contributed by atoms with van der Waals surface area (Å²) in [4.78, 5) is 11.8. The van der Waals surface area contributed by atoms with E-state index in [1.165, 1.54) is 6.21 Å². The summed E-state index contributed by atoms with van der Waals surface area (Å²) in [6.07, 6.45) is 1.70. The summed E-state index contributed by atoms with van der Waals surface area (Å²) < 4.78 is 0. The Labute approximate surface area is 42.2 Å². The van der Waals surface area contributed by atoms with E-state index in [0.29, 0.717) is 6.42 Å². The van der Waals surface area contributed by atoms with Crippen LogP contribution in [0, 0.1) is 16.7 Å². The fourth-order valence-corrected chi connectivity index (χ4v) is 0.185. The lowest BCUT2D eigenvalue weighted by atomic mass is 10.5. The molecule has 0 amide bonds. The molecule has 0 N–H and O–H groups in total. The Kier molecular flexibility index (Phi) is 4.19. The topological polar surface area (TPSA) is 31.2 Å². The number of nitrogens with zero attached hydrogens (tertiary/aromatic N) is 1. The number of nitroso groups, excluding NO2 is 1. The van der Waals surface area contributed by atoms with Gasteiger partial charge >= 0.3 is 6.21 Å². The normalized spacial score (nSPS) is 5.29. The molecule has 0 fully saturated rings. The molecule has 0 aromatic heterocycles. The van der Waals surface area contributed by atoms with E-state index in [4.69, 9.17) is 0 Å². The molecular weight excluding hydrogens is 90.1 g/mol. The van der Waals surface area contributed by atoms with Crippen molar-refractivity contribution in [3.8, 4) is 11.8 Å². The van der Waals surface area contributed by atoms with Crippen molar-refractivity contribution in [2.24, 2.45) is 0 Å². The molecule has 0 saturated carbocycles. The van der Waals surface area contributed by atoms with Gasteiger partial charge in [0.1, 0.15) is 6.42 Å². The van der Waals surface area contributed by atoms with Crippen LogP contribution in [0.25, 0.3) is 0 Å². The predicted octanol–water partition coefficient (Wildman–Crippen LogP) is 0.304. The van der Waals surface area contributed by atoms with Crippen LogP contribution in [0.5, 0.6) is 0 Å². The molecule has 0 aromatic rings. The number of hydrogen-bond donors (Lipinski definition) is 0. The van der Waals surface area contributed by atoms with E-state index in [0.717, 1.165) is 0 Å². The van der Waals surface area contributed by atoms with Crippen LogP contribution in [0.15, 0.2) is 0 Å². The Morgan fingerprint density at radius 2 is 2.57 bits per heavy atom. The third-order valence-electron chi connectivity index (χ3n) is 0.445. The van der Waals surface area contributed by atoms with E-state index in [1.54, 1.807) is 6.92 Å².